The van der Waals surface area contributed by atoms with E-state index in [2.05, 4.69) is 60.7 Å². The summed E-state index contributed by atoms with van der Waals surface area (Å²) in [6.07, 6.45) is 5.67. The van der Waals surface area contributed by atoms with E-state index in [4.69, 9.17) is 4.74 Å². The van der Waals surface area contributed by atoms with Crippen molar-refractivity contribution in [2.24, 2.45) is 0 Å². The average molecular weight is 283 g/mol. The predicted octanol–water partition coefficient (Wildman–Crippen LogP) is 4.57. The van der Waals surface area contributed by atoms with Crippen molar-refractivity contribution in [3.63, 3.8) is 0 Å². The van der Waals surface area contributed by atoms with Crippen LogP contribution in [0.25, 0.3) is 0 Å². The topological polar surface area (TPSA) is 44.2 Å². The van der Waals surface area contributed by atoms with Crippen molar-refractivity contribution in [2.45, 2.75) is 37.7 Å². The zero-order valence-electron chi connectivity index (χ0n) is 12.6. The molecule has 0 spiro atoms. The average Bonchev–Trinajstić information content (AvgIpc) is 2.50. The largest absolute Gasteiger partial charge is 0.374 e. The van der Waals surface area contributed by atoms with Crippen molar-refractivity contribution in [3.05, 3.63) is 71.8 Å². The molecule has 1 fully saturated rings. The molecule has 1 aliphatic rings. The summed E-state index contributed by atoms with van der Waals surface area (Å²) in [7, 11) is 0. The highest BCUT2D eigenvalue weighted by atomic mass is 16.5. The van der Waals surface area contributed by atoms with E-state index in [9.17, 15) is 0 Å². The molecule has 2 heteroatoms. The Hall–Kier alpha value is -1.64. The first kappa shape index (κ1) is 15.7. The molecule has 0 atom stereocenters. The second-order valence-electron chi connectivity index (χ2n) is 5.81. The zero-order valence-corrected chi connectivity index (χ0v) is 12.6. The molecule has 0 aromatic heterocycles. The molecule has 0 radical (unpaired) electrons. The Morgan fingerprint density at radius 3 is 1.71 bits per heavy atom. The minimum absolute atomic E-state index is 0. The summed E-state index contributed by atoms with van der Waals surface area (Å²) < 4.78 is 6.27. The van der Waals surface area contributed by atoms with Crippen molar-refractivity contribution >= 4 is 0 Å². The first-order valence-electron chi connectivity index (χ1n) is 7.58. The fraction of sp³-hybridized carbons (Fsp3) is 0.368. The molecule has 2 aromatic carbocycles. The van der Waals surface area contributed by atoms with Crippen LogP contribution in [-0.2, 0) is 17.6 Å². The van der Waals surface area contributed by atoms with Gasteiger partial charge in [0.25, 0.3) is 0 Å². The lowest BCUT2D eigenvalue weighted by Gasteiger charge is -2.38. The Balaban J connectivity index is 0.00000161. The van der Waals surface area contributed by atoms with Gasteiger partial charge in [-0.15, -0.1) is 0 Å². The van der Waals surface area contributed by atoms with Crippen LogP contribution < -0.4 is 6.15 Å². The van der Waals surface area contributed by atoms with Crippen molar-refractivity contribution in [2.75, 3.05) is 6.61 Å². The number of hydrogen-bond donors (Lipinski definition) is 1. The summed E-state index contributed by atoms with van der Waals surface area (Å²) in [6, 6.07) is 21.5. The fourth-order valence-electron chi connectivity index (χ4n) is 3.19. The van der Waals surface area contributed by atoms with Gasteiger partial charge in [0.05, 0.1) is 5.60 Å². The number of ether oxygens (including phenoxy) is 1. The number of benzene rings is 2. The van der Waals surface area contributed by atoms with E-state index in [-0.39, 0.29) is 11.8 Å². The van der Waals surface area contributed by atoms with Crippen LogP contribution in [0.15, 0.2) is 60.7 Å². The SMILES string of the molecule is N.c1ccc(CC2(Cc3ccccc3)CCCCO2)cc1. The van der Waals surface area contributed by atoms with Crippen molar-refractivity contribution in [3.8, 4) is 0 Å². The van der Waals surface area contributed by atoms with E-state index < -0.39 is 0 Å². The molecular formula is C19H25NO. The molecule has 3 rings (SSSR count). The van der Waals surface area contributed by atoms with Crippen molar-refractivity contribution in [1.82, 2.24) is 6.15 Å². The lowest BCUT2D eigenvalue weighted by atomic mass is 9.82. The van der Waals surface area contributed by atoms with Gasteiger partial charge in [0.2, 0.25) is 0 Å². The fourth-order valence-corrected chi connectivity index (χ4v) is 3.19. The molecule has 1 heterocycles. The van der Waals surface area contributed by atoms with E-state index in [1.54, 1.807) is 0 Å². The van der Waals surface area contributed by atoms with Crippen LogP contribution in [0, 0.1) is 0 Å². The highest BCUT2D eigenvalue weighted by Crippen LogP contribution is 2.32. The third kappa shape index (κ3) is 4.16. The molecule has 1 saturated heterocycles. The van der Waals surface area contributed by atoms with Gasteiger partial charge in [-0.3, -0.25) is 0 Å². The van der Waals surface area contributed by atoms with Crippen LogP contribution in [0.4, 0.5) is 0 Å². The van der Waals surface area contributed by atoms with E-state index in [0.717, 1.165) is 25.9 Å². The molecule has 0 aliphatic carbocycles. The van der Waals surface area contributed by atoms with Crippen LogP contribution in [0.5, 0.6) is 0 Å². The number of rotatable bonds is 4. The molecule has 112 valence electrons. The van der Waals surface area contributed by atoms with Crippen LogP contribution in [0.1, 0.15) is 30.4 Å². The minimum Gasteiger partial charge on any atom is -0.374 e. The summed E-state index contributed by atoms with van der Waals surface area (Å²) >= 11 is 0. The number of hydrogen-bond acceptors (Lipinski definition) is 2. The second kappa shape index (κ2) is 7.39. The summed E-state index contributed by atoms with van der Waals surface area (Å²) in [6.45, 7) is 0.902. The van der Waals surface area contributed by atoms with Gasteiger partial charge in [-0.2, -0.15) is 0 Å². The summed E-state index contributed by atoms with van der Waals surface area (Å²) in [4.78, 5) is 0. The first-order valence-corrected chi connectivity index (χ1v) is 7.58. The van der Waals surface area contributed by atoms with Crippen molar-refractivity contribution < 1.29 is 4.74 Å². The smallest absolute Gasteiger partial charge is 0.0762 e. The maximum Gasteiger partial charge on any atom is 0.0762 e. The van der Waals surface area contributed by atoms with Crippen LogP contribution in [-0.4, -0.2) is 12.2 Å². The molecule has 2 nitrogen and oxygen atoms in total. The van der Waals surface area contributed by atoms with Gasteiger partial charge >= 0.3 is 0 Å². The van der Waals surface area contributed by atoms with E-state index in [0.29, 0.717) is 0 Å². The van der Waals surface area contributed by atoms with Crippen LogP contribution >= 0.6 is 0 Å². The molecule has 0 unspecified atom stereocenters. The van der Waals surface area contributed by atoms with Crippen LogP contribution in [0.2, 0.25) is 0 Å². The third-order valence-corrected chi connectivity index (χ3v) is 4.17. The lowest BCUT2D eigenvalue weighted by molar-refractivity contribution is -0.0773. The molecule has 0 amide bonds. The second-order valence-corrected chi connectivity index (χ2v) is 5.81. The predicted molar refractivity (Wildman–Crippen MR) is 87.8 cm³/mol. The Bertz CT molecular complexity index is 474. The maximum atomic E-state index is 6.27. The summed E-state index contributed by atoms with van der Waals surface area (Å²) in [5.74, 6) is 0. The first-order chi connectivity index (χ1) is 9.86. The van der Waals surface area contributed by atoms with Gasteiger partial charge in [0.15, 0.2) is 0 Å². The molecule has 2 aromatic rings. The third-order valence-electron chi connectivity index (χ3n) is 4.17. The van der Waals surface area contributed by atoms with E-state index >= 15 is 0 Å². The Labute approximate surface area is 127 Å². The van der Waals surface area contributed by atoms with Crippen LogP contribution in [0.3, 0.4) is 0 Å². The molecule has 21 heavy (non-hydrogen) atoms. The van der Waals surface area contributed by atoms with Gasteiger partial charge in [0, 0.05) is 19.4 Å². The summed E-state index contributed by atoms with van der Waals surface area (Å²) in [5, 5.41) is 0. The normalized spacial score (nSPS) is 17.0. The Morgan fingerprint density at radius 1 is 0.762 bits per heavy atom. The highest BCUT2D eigenvalue weighted by Gasteiger charge is 2.33. The Morgan fingerprint density at radius 2 is 1.29 bits per heavy atom. The molecule has 1 aliphatic heterocycles. The van der Waals surface area contributed by atoms with E-state index in [1.165, 1.54) is 24.0 Å². The standard InChI is InChI=1S/C19H22O.H3N/c1-3-9-17(10-4-1)15-19(13-7-8-14-20-19)16-18-11-5-2-6-12-18;/h1-6,9-12H,7-8,13-16H2;1H3. The Kier molecular flexibility index (Phi) is 5.54. The molecule has 0 bridgehead atoms. The minimum atomic E-state index is -0.0129. The van der Waals surface area contributed by atoms with E-state index in [1.807, 2.05) is 0 Å². The molecule has 3 N–H and O–H groups in total. The monoisotopic (exact) mass is 283 g/mol. The van der Waals surface area contributed by atoms with Gasteiger partial charge in [-0.05, 0) is 30.4 Å². The molecule has 0 saturated carbocycles. The molecular weight excluding hydrogens is 258 g/mol. The van der Waals surface area contributed by atoms with Gasteiger partial charge in [-0.25, -0.2) is 0 Å². The van der Waals surface area contributed by atoms with Gasteiger partial charge < -0.3 is 10.9 Å². The lowest BCUT2D eigenvalue weighted by Crippen LogP contribution is -2.40. The zero-order chi connectivity index (χ0) is 13.7. The maximum absolute atomic E-state index is 6.27. The van der Waals surface area contributed by atoms with Gasteiger partial charge in [-0.1, -0.05) is 60.7 Å². The van der Waals surface area contributed by atoms with Crippen molar-refractivity contribution in [1.29, 1.82) is 0 Å². The highest BCUT2D eigenvalue weighted by molar-refractivity contribution is 5.22. The summed E-state index contributed by atoms with van der Waals surface area (Å²) in [5.41, 5.74) is 2.75. The quantitative estimate of drug-likeness (QED) is 0.893. The van der Waals surface area contributed by atoms with Gasteiger partial charge in [0.1, 0.15) is 0 Å².